The second-order valence-electron chi connectivity index (χ2n) is 9.00. The van der Waals surface area contributed by atoms with Crippen molar-refractivity contribution in [2.24, 2.45) is 0 Å². The van der Waals surface area contributed by atoms with E-state index in [1.807, 2.05) is 62.5 Å². The van der Waals surface area contributed by atoms with Gasteiger partial charge in [0.15, 0.2) is 0 Å². The summed E-state index contributed by atoms with van der Waals surface area (Å²) in [5.74, 6) is -1.38. The van der Waals surface area contributed by atoms with Crippen molar-refractivity contribution in [1.29, 1.82) is 0 Å². The zero-order chi connectivity index (χ0) is 24.3. The molecule has 176 valence electrons. The molecule has 0 bridgehead atoms. The smallest absolute Gasteiger partial charge is 0.247 e. The molecular weight excluding hydrogens is 453 g/mol. The molecule has 0 aliphatic heterocycles. The van der Waals surface area contributed by atoms with Gasteiger partial charge in [0.1, 0.15) is 23.9 Å². The van der Waals surface area contributed by atoms with Crippen LogP contribution in [0.2, 0.25) is 0 Å². The number of amides is 2. The number of hydrogen-bond acceptors (Lipinski definition) is 5. The first-order chi connectivity index (χ1) is 16.2. The topological polar surface area (TPSA) is 80.1 Å². The van der Waals surface area contributed by atoms with E-state index in [0.717, 1.165) is 4.88 Å². The zero-order valence-electron chi connectivity index (χ0n) is 19.2. The Bertz CT molecular complexity index is 1300. The Morgan fingerprint density at radius 3 is 2.53 bits per heavy atom. The lowest BCUT2D eigenvalue weighted by atomic mass is 10.0. The number of carbonyl (C=O) groups is 2. The summed E-state index contributed by atoms with van der Waals surface area (Å²) < 4.78 is 16.5. The number of halogens is 1. The van der Waals surface area contributed by atoms with Crippen molar-refractivity contribution in [2.75, 3.05) is 0 Å². The van der Waals surface area contributed by atoms with Crippen molar-refractivity contribution in [3.63, 3.8) is 0 Å². The van der Waals surface area contributed by atoms with E-state index in [0.29, 0.717) is 11.0 Å². The van der Waals surface area contributed by atoms with Crippen LogP contribution in [0.5, 0.6) is 0 Å². The molecule has 34 heavy (non-hydrogen) atoms. The van der Waals surface area contributed by atoms with Crippen LogP contribution in [0.4, 0.5) is 4.39 Å². The minimum absolute atomic E-state index is 0.137. The number of aromatic nitrogens is 3. The van der Waals surface area contributed by atoms with Gasteiger partial charge in [0.2, 0.25) is 11.8 Å². The Hall–Kier alpha value is -3.59. The van der Waals surface area contributed by atoms with Crippen molar-refractivity contribution in [3.05, 3.63) is 82.3 Å². The van der Waals surface area contributed by atoms with Crippen LogP contribution in [0.25, 0.3) is 11.0 Å². The van der Waals surface area contributed by atoms with Crippen LogP contribution in [0.1, 0.15) is 37.3 Å². The second-order valence-corrected chi connectivity index (χ2v) is 10.0. The molecule has 0 aliphatic rings. The lowest BCUT2D eigenvalue weighted by molar-refractivity contribution is -0.142. The minimum Gasteiger partial charge on any atom is -0.349 e. The second kappa shape index (κ2) is 9.72. The quantitative estimate of drug-likeness (QED) is 0.428. The first-order valence-electron chi connectivity index (χ1n) is 10.9. The maximum atomic E-state index is 15.0. The lowest BCUT2D eigenvalue weighted by Crippen LogP contribution is -2.49. The van der Waals surface area contributed by atoms with E-state index in [4.69, 9.17) is 0 Å². The summed E-state index contributed by atoms with van der Waals surface area (Å²) in [7, 11) is 0. The maximum absolute atomic E-state index is 15.0. The Labute approximate surface area is 201 Å². The number of nitrogens with one attached hydrogen (secondary N) is 1. The summed E-state index contributed by atoms with van der Waals surface area (Å²) in [4.78, 5) is 29.5. The molecule has 2 aromatic carbocycles. The number of para-hydroxylation sites is 1. The highest BCUT2D eigenvalue weighted by Gasteiger charge is 2.35. The van der Waals surface area contributed by atoms with Crippen molar-refractivity contribution in [1.82, 2.24) is 25.2 Å². The van der Waals surface area contributed by atoms with E-state index in [2.05, 4.69) is 15.6 Å². The van der Waals surface area contributed by atoms with Gasteiger partial charge in [-0.15, -0.1) is 16.4 Å². The summed E-state index contributed by atoms with van der Waals surface area (Å²) in [6.07, 6.45) is 0. The molecule has 7 nitrogen and oxygen atoms in total. The Morgan fingerprint density at radius 1 is 1.09 bits per heavy atom. The van der Waals surface area contributed by atoms with Crippen molar-refractivity contribution >= 4 is 34.2 Å². The number of carbonyl (C=O) groups excluding carboxylic acids is 2. The van der Waals surface area contributed by atoms with Gasteiger partial charge < -0.3 is 10.2 Å². The van der Waals surface area contributed by atoms with Gasteiger partial charge in [-0.25, -0.2) is 9.07 Å². The van der Waals surface area contributed by atoms with Gasteiger partial charge in [0.25, 0.3) is 0 Å². The molecule has 0 aliphatic carbocycles. The van der Waals surface area contributed by atoms with Crippen LogP contribution in [-0.2, 0) is 22.7 Å². The number of nitrogens with zero attached hydrogens (tertiary/aromatic N) is 4. The number of hydrogen-bond donors (Lipinski definition) is 1. The molecule has 1 N–H and O–H groups in total. The number of fused-ring (bicyclic) bond motifs is 1. The minimum atomic E-state index is -1.16. The van der Waals surface area contributed by atoms with Gasteiger partial charge in [-0.2, -0.15) is 0 Å². The van der Waals surface area contributed by atoms with Crippen LogP contribution in [0.3, 0.4) is 0 Å². The third-order valence-electron chi connectivity index (χ3n) is 5.19. The highest BCUT2D eigenvalue weighted by atomic mass is 32.1. The highest BCUT2D eigenvalue weighted by Crippen LogP contribution is 2.28. The maximum Gasteiger partial charge on any atom is 0.247 e. The van der Waals surface area contributed by atoms with E-state index in [9.17, 15) is 14.0 Å². The van der Waals surface area contributed by atoms with E-state index in [1.54, 1.807) is 18.2 Å². The van der Waals surface area contributed by atoms with Crippen molar-refractivity contribution in [2.45, 2.75) is 45.4 Å². The molecule has 0 radical (unpaired) electrons. The van der Waals surface area contributed by atoms with E-state index in [1.165, 1.54) is 27.0 Å². The highest BCUT2D eigenvalue weighted by molar-refractivity contribution is 7.09. The molecule has 0 fully saturated rings. The van der Waals surface area contributed by atoms with Gasteiger partial charge in [-0.3, -0.25) is 9.59 Å². The molecule has 0 spiro atoms. The van der Waals surface area contributed by atoms with Gasteiger partial charge in [0.05, 0.1) is 12.1 Å². The third-order valence-corrected chi connectivity index (χ3v) is 6.05. The number of thiophene rings is 1. The predicted octanol–water partition coefficient (Wildman–Crippen LogP) is 4.32. The molecule has 2 heterocycles. The summed E-state index contributed by atoms with van der Waals surface area (Å²) >= 11 is 1.47. The fraction of sp³-hybridized carbons (Fsp3) is 0.280. The normalized spacial score (nSPS) is 12.5. The van der Waals surface area contributed by atoms with Gasteiger partial charge >= 0.3 is 0 Å². The summed E-state index contributed by atoms with van der Waals surface area (Å²) in [5.41, 5.74) is 0.933. The fourth-order valence-corrected chi connectivity index (χ4v) is 4.44. The molecular formula is C25H26FN5O2S. The van der Waals surface area contributed by atoms with Crippen molar-refractivity contribution < 1.29 is 14.0 Å². The van der Waals surface area contributed by atoms with E-state index >= 15 is 0 Å². The summed E-state index contributed by atoms with van der Waals surface area (Å²) in [6.45, 7) is 5.54. The Balaban J connectivity index is 1.76. The average molecular weight is 480 g/mol. The number of rotatable bonds is 7. The van der Waals surface area contributed by atoms with Gasteiger partial charge in [-0.1, -0.05) is 41.6 Å². The standard InChI is InChI=1S/C25H26FN5O2S/c1-25(2,3)27-24(33)23(18-10-4-5-11-19(18)26)30(15-17-9-8-14-34-17)22(32)16-31-21-13-7-6-12-20(21)28-29-31/h4-14,23H,15-16H2,1-3H3,(H,27,33)/t23-/m1/s1. The Morgan fingerprint density at radius 2 is 1.82 bits per heavy atom. The van der Waals surface area contributed by atoms with Crippen LogP contribution >= 0.6 is 11.3 Å². The monoisotopic (exact) mass is 479 g/mol. The summed E-state index contributed by atoms with van der Waals surface area (Å²) in [6, 6.07) is 16.0. The van der Waals surface area contributed by atoms with Crippen molar-refractivity contribution in [3.8, 4) is 0 Å². The molecule has 2 aromatic heterocycles. The first kappa shape index (κ1) is 23.6. The van der Waals surface area contributed by atoms with Gasteiger partial charge in [0, 0.05) is 16.0 Å². The first-order valence-corrected chi connectivity index (χ1v) is 11.8. The fourth-order valence-electron chi connectivity index (χ4n) is 3.73. The summed E-state index contributed by atoms with van der Waals surface area (Å²) in [5, 5.41) is 13.0. The molecule has 0 saturated carbocycles. The Kier molecular flexibility index (Phi) is 6.74. The molecule has 4 aromatic rings. The van der Waals surface area contributed by atoms with E-state index < -0.39 is 23.3 Å². The van der Waals surface area contributed by atoms with Crippen LogP contribution in [-0.4, -0.2) is 37.2 Å². The van der Waals surface area contributed by atoms with Crippen LogP contribution < -0.4 is 5.32 Å². The zero-order valence-corrected chi connectivity index (χ0v) is 20.1. The molecule has 1 atom stereocenters. The molecule has 2 amide bonds. The molecule has 0 saturated heterocycles. The SMILES string of the molecule is CC(C)(C)NC(=O)[C@@H](c1ccccc1F)N(Cc1cccs1)C(=O)Cn1nnc2ccccc21. The van der Waals surface area contributed by atoms with Crippen LogP contribution in [0, 0.1) is 5.82 Å². The number of benzene rings is 2. The largest absolute Gasteiger partial charge is 0.349 e. The van der Waals surface area contributed by atoms with Crippen LogP contribution in [0.15, 0.2) is 66.0 Å². The molecule has 9 heteroatoms. The third kappa shape index (κ3) is 5.31. The molecule has 4 rings (SSSR count). The average Bonchev–Trinajstić information content (AvgIpc) is 3.43. The predicted molar refractivity (Wildman–Crippen MR) is 129 cm³/mol. The van der Waals surface area contributed by atoms with Gasteiger partial charge in [-0.05, 0) is 50.4 Å². The lowest BCUT2D eigenvalue weighted by Gasteiger charge is -2.33. The van der Waals surface area contributed by atoms with E-state index in [-0.39, 0.29) is 24.6 Å². The molecule has 0 unspecified atom stereocenters.